The molecule has 3 unspecified atom stereocenters. The van der Waals surface area contributed by atoms with Gasteiger partial charge in [-0.15, -0.1) is 0 Å². The predicted molar refractivity (Wildman–Crippen MR) is 70.0 cm³/mol. The van der Waals surface area contributed by atoms with Gasteiger partial charge in [0.05, 0.1) is 5.60 Å². The van der Waals surface area contributed by atoms with Gasteiger partial charge in [0.25, 0.3) is 0 Å². The van der Waals surface area contributed by atoms with Crippen LogP contribution in [0.2, 0.25) is 0 Å². The molecule has 3 heteroatoms. The number of hydrogen-bond donors (Lipinski definition) is 0. The van der Waals surface area contributed by atoms with Gasteiger partial charge in [0.2, 0.25) is 5.79 Å². The summed E-state index contributed by atoms with van der Waals surface area (Å²) in [5.74, 6) is -0.455. The summed E-state index contributed by atoms with van der Waals surface area (Å²) in [6, 6.07) is 0. The third kappa shape index (κ3) is 2.07. The molecule has 1 saturated carbocycles. The fourth-order valence-electron chi connectivity index (χ4n) is 4.06. The second-order valence-corrected chi connectivity index (χ2v) is 6.90. The van der Waals surface area contributed by atoms with E-state index in [9.17, 15) is 4.79 Å². The lowest BCUT2D eigenvalue weighted by atomic mass is 9.60. The maximum atomic E-state index is 11.2. The molecule has 0 bridgehead atoms. The number of hydrogen-bond acceptors (Lipinski definition) is 3. The van der Waals surface area contributed by atoms with Gasteiger partial charge in [0, 0.05) is 20.3 Å². The minimum atomic E-state index is -0.727. The zero-order chi connectivity index (χ0) is 13.6. The van der Waals surface area contributed by atoms with Crippen molar-refractivity contribution in [3.8, 4) is 0 Å². The SMILES string of the molecule is CC(=O)OC1(C)CCC2(O1)C(C)CCCC2(C)C. The monoisotopic (exact) mass is 254 g/mol. The van der Waals surface area contributed by atoms with E-state index < -0.39 is 5.79 Å². The first-order valence-corrected chi connectivity index (χ1v) is 7.11. The molecule has 0 aromatic heterocycles. The van der Waals surface area contributed by atoms with Crippen LogP contribution in [0.5, 0.6) is 0 Å². The Balaban J connectivity index is 2.25. The smallest absolute Gasteiger partial charge is 0.305 e. The molecular formula is C15H26O3. The van der Waals surface area contributed by atoms with E-state index in [0.717, 1.165) is 12.8 Å². The van der Waals surface area contributed by atoms with Crippen molar-refractivity contribution in [3.05, 3.63) is 0 Å². The summed E-state index contributed by atoms with van der Waals surface area (Å²) in [5, 5.41) is 0. The molecular weight excluding hydrogens is 228 g/mol. The molecule has 0 aromatic rings. The second-order valence-electron chi connectivity index (χ2n) is 6.90. The van der Waals surface area contributed by atoms with Crippen molar-refractivity contribution in [2.24, 2.45) is 11.3 Å². The Bertz CT molecular complexity index is 350. The second kappa shape index (κ2) is 4.22. The Morgan fingerprint density at radius 3 is 2.44 bits per heavy atom. The number of carbonyl (C=O) groups is 1. The third-order valence-electron chi connectivity index (χ3n) is 5.09. The lowest BCUT2D eigenvalue weighted by Crippen LogP contribution is -2.53. The van der Waals surface area contributed by atoms with E-state index in [2.05, 4.69) is 20.8 Å². The molecule has 1 saturated heterocycles. The molecule has 2 rings (SSSR count). The van der Waals surface area contributed by atoms with E-state index in [1.807, 2.05) is 6.92 Å². The molecule has 0 N–H and O–H groups in total. The Labute approximate surface area is 110 Å². The summed E-state index contributed by atoms with van der Waals surface area (Å²) in [6.45, 7) is 10.2. The van der Waals surface area contributed by atoms with Crippen LogP contribution in [-0.4, -0.2) is 17.4 Å². The first-order valence-electron chi connectivity index (χ1n) is 7.11. The molecule has 3 nitrogen and oxygen atoms in total. The zero-order valence-corrected chi connectivity index (χ0v) is 12.3. The van der Waals surface area contributed by atoms with Crippen LogP contribution < -0.4 is 0 Å². The molecule has 2 aliphatic rings. The molecule has 1 heterocycles. The van der Waals surface area contributed by atoms with E-state index in [0.29, 0.717) is 5.92 Å². The Morgan fingerprint density at radius 1 is 1.22 bits per heavy atom. The Kier molecular flexibility index (Phi) is 3.25. The van der Waals surface area contributed by atoms with E-state index in [1.54, 1.807) is 0 Å². The van der Waals surface area contributed by atoms with Crippen LogP contribution in [0, 0.1) is 11.3 Å². The van der Waals surface area contributed by atoms with Gasteiger partial charge >= 0.3 is 5.97 Å². The molecule has 1 spiro atoms. The molecule has 2 fully saturated rings. The average molecular weight is 254 g/mol. The first-order chi connectivity index (χ1) is 8.21. The number of carbonyl (C=O) groups excluding carboxylic acids is 1. The van der Waals surface area contributed by atoms with Gasteiger partial charge in [-0.3, -0.25) is 4.79 Å². The molecule has 0 aromatic carbocycles. The highest BCUT2D eigenvalue weighted by atomic mass is 16.7. The lowest BCUT2D eigenvalue weighted by Gasteiger charge is -2.52. The number of rotatable bonds is 1. The third-order valence-corrected chi connectivity index (χ3v) is 5.09. The van der Waals surface area contributed by atoms with Crippen LogP contribution >= 0.6 is 0 Å². The maximum Gasteiger partial charge on any atom is 0.305 e. The van der Waals surface area contributed by atoms with Crippen LogP contribution in [0.4, 0.5) is 0 Å². The minimum Gasteiger partial charge on any atom is -0.434 e. The highest BCUT2D eigenvalue weighted by Gasteiger charge is 2.59. The Morgan fingerprint density at radius 2 is 1.89 bits per heavy atom. The molecule has 0 radical (unpaired) electrons. The van der Waals surface area contributed by atoms with Crippen LogP contribution in [0.15, 0.2) is 0 Å². The van der Waals surface area contributed by atoms with E-state index >= 15 is 0 Å². The fraction of sp³-hybridized carbons (Fsp3) is 0.933. The quantitative estimate of drug-likeness (QED) is 0.670. The van der Waals surface area contributed by atoms with Crippen molar-refractivity contribution in [2.75, 3.05) is 0 Å². The first kappa shape index (κ1) is 13.9. The summed E-state index contributed by atoms with van der Waals surface area (Å²) in [6.07, 6.45) is 5.46. The van der Waals surface area contributed by atoms with Crippen molar-refractivity contribution in [1.82, 2.24) is 0 Å². The van der Waals surface area contributed by atoms with Crippen molar-refractivity contribution >= 4 is 5.97 Å². The molecule has 1 aliphatic carbocycles. The van der Waals surface area contributed by atoms with Crippen molar-refractivity contribution in [2.45, 2.75) is 78.1 Å². The van der Waals surface area contributed by atoms with E-state index in [4.69, 9.17) is 9.47 Å². The zero-order valence-electron chi connectivity index (χ0n) is 12.3. The highest BCUT2D eigenvalue weighted by molar-refractivity contribution is 5.66. The topological polar surface area (TPSA) is 35.5 Å². The summed E-state index contributed by atoms with van der Waals surface area (Å²) >= 11 is 0. The van der Waals surface area contributed by atoms with Gasteiger partial charge in [-0.25, -0.2) is 0 Å². The van der Waals surface area contributed by atoms with Crippen LogP contribution in [0.3, 0.4) is 0 Å². The molecule has 104 valence electrons. The minimum absolute atomic E-state index is 0.130. The van der Waals surface area contributed by atoms with E-state index in [-0.39, 0.29) is 17.0 Å². The number of ether oxygens (including phenoxy) is 2. The highest BCUT2D eigenvalue weighted by Crippen LogP contribution is 2.57. The van der Waals surface area contributed by atoms with Gasteiger partial charge in [-0.05, 0) is 30.6 Å². The molecule has 0 amide bonds. The van der Waals surface area contributed by atoms with Gasteiger partial charge in [-0.2, -0.15) is 0 Å². The standard InChI is InChI=1S/C15H26O3/c1-11-7-6-8-13(3,4)15(11)10-9-14(5,18-15)17-12(2)16/h11H,6-10H2,1-5H3. The summed E-state index contributed by atoms with van der Waals surface area (Å²) in [7, 11) is 0. The maximum absolute atomic E-state index is 11.2. The predicted octanol–water partition coefficient (Wildman–Crippen LogP) is 3.66. The van der Waals surface area contributed by atoms with Crippen LogP contribution in [0.1, 0.15) is 66.7 Å². The normalized spacial score (nSPS) is 43.1. The number of esters is 1. The van der Waals surface area contributed by atoms with Crippen molar-refractivity contribution in [3.63, 3.8) is 0 Å². The van der Waals surface area contributed by atoms with Crippen LogP contribution in [0.25, 0.3) is 0 Å². The molecule has 18 heavy (non-hydrogen) atoms. The fourth-order valence-corrected chi connectivity index (χ4v) is 4.06. The van der Waals surface area contributed by atoms with E-state index in [1.165, 1.54) is 26.2 Å². The average Bonchev–Trinajstić information content (AvgIpc) is 2.54. The van der Waals surface area contributed by atoms with Gasteiger partial charge < -0.3 is 9.47 Å². The Hall–Kier alpha value is -0.570. The van der Waals surface area contributed by atoms with Gasteiger partial charge in [0.1, 0.15) is 0 Å². The van der Waals surface area contributed by atoms with Gasteiger partial charge in [-0.1, -0.05) is 27.2 Å². The molecule has 3 atom stereocenters. The van der Waals surface area contributed by atoms with Crippen molar-refractivity contribution in [1.29, 1.82) is 0 Å². The summed E-state index contributed by atoms with van der Waals surface area (Å²) in [5.41, 5.74) is 0.0258. The largest absolute Gasteiger partial charge is 0.434 e. The van der Waals surface area contributed by atoms with Crippen molar-refractivity contribution < 1.29 is 14.3 Å². The summed E-state index contributed by atoms with van der Waals surface area (Å²) in [4.78, 5) is 11.2. The molecule has 1 aliphatic heterocycles. The van der Waals surface area contributed by atoms with Gasteiger partial charge in [0.15, 0.2) is 0 Å². The van der Waals surface area contributed by atoms with Crippen LogP contribution in [-0.2, 0) is 14.3 Å². The lowest BCUT2D eigenvalue weighted by molar-refractivity contribution is -0.272. The summed E-state index contributed by atoms with van der Waals surface area (Å²) < 4.78 is 11.8.